The summed E-state index contributed by atoms with van der Waals surface area (Å²) in [5.74, 6) is -1.63. The van der Waals surface area contributed by atoms with Crippen molar-refractivity contribution in [3.05, 3.63) is 17.8 Å². The molecule has 146 valence electrons. The molecule has 3 rings (SSSR count). The minimum Gasteiger partial charge on any atom is -0.359 e. The largest absolute Gasteiger partial charge is 0.359 e. The fourth-order valence-electron chi connectivity index (χ4n) is 3.72. The molecule has 1 atom stereocenters. The standard InChI is InChI=1S/C18H24F2N6O/c1-17(18(19,20)11-26(17)14(27)5-8-21)7-3-4-10-25(2)16-13-6-9-22-15(13)23-12-24-16/h6,9,22-23H,3-5,7,10-12H2,1-2H3. The van der Waals surface area contributed by atoms with E-state index in [1.54, 1.807) is 6.07 Å². The topological polar surface area (TPSA) is 87.5 Å². The van der Waals surface area contributed by atoms with Crippen molar-refractivity contribution in [1.82, 2.24) is 14.8 Å². The Balaban J connectivity index is 1.53. The van der Waals surface area contributed by atoms with Gasteiger partial charge in [-0.1, -0.05) is 0 Å². The van der Waals surface area contributed by atoms with Gasteiger partial charge in [0.15, 0.2) is 0 Å². The Labute approximate surface area is 157 Å². The number of amidine groups is 1. The molecule has 3 heterocycles. The van der Waals surface area contributed by atoms with Gasteiger partial charge in [0, 0.05) is 19.8 Å². The number of carbonyl (C=O) groups excluding carboxylic acids is 1. The summed E-state index contributed by atoms with van der Waals surface area (Å²) in [5, 5.41) is 11.8. The maximum Gasteiger partial charge on any atom is 0.287 e. The van der Waals surface area contributed by atoms with Crippen LogP contribution in [-0.4, -0.2) is 64.8 Å². The second-order valence-electron chi connectivity index (χ2n) is 7.25. The minimum absolute atomic E-state index is 0.203. The molecule has 0 spiro atoms. The summed E-state index contributed by atoms with van der Waals surface area (Å²) in [5.41, 5.74) is -0.505. The Morgan fingerprint density at radius 3 is 2.96 bits per heavy atom. The number of anilines is 1. The van der Waals surface area contributed by atoms with Crippen LogP contribution in [0, 0.1) is 11.3 Å². The number of unbranched alkanes of at least 4 members (excludes halogenated alkanes) is 1. The predicted molar refractivity (Wildman–Crippen MR) is 97.6 cm³/mol. The van der Waals surface area contributed by atoms with Crippen molar-refractivity contribution in [3.8, 4) is 6.07 Å². The van der Waals surface area contributed by atoms with Crippen LogP contribution in [0.2, 0.25) is 0 Å². The van der Waals surface area contributed by atoms with Gasteiger partial charge >= 0.3 is 0 Å². The van der Waals surface area contributed by atoms with Gasteiger partial charge in [0.1, 0.15) is 30.3 Å². The Hall–Kier alpha value is -2.63. The van der Waals surface area contributed by atoms with Crippen molar-refractivity contribution in [2.75, 3.05) is 32.1 Å². The summed E-state index contributed by atoms with van der Waals surface area (Å²) in [4.78, 5) is 22.7. The zero-order valence-corrected chi connectivity index (χ0v) is 15.6. The number of hydrogen-bond acceptors (Lipinski definition) is 5. The monoisotopic (exact) mass is 378 g/mol. The van der Waals surface area contributed by atoms with Crippen molar-refractivity contribution in [2.45, 2.75) is 44.1 Å². The van der Waals surface area contributed by atoms with Crippen LogP contribution in [0.5, 0.6) is 0 Å². The predicted octanol–water partition coefficient (Wildman–Crippen LogP) is 2.40. The number of rotatable bonds is 6. The third kappa shape index (κ3) is 3.36. The number of aromatic amines is 1. The van der Waals surface area contributed by atoms with Gasteiger partial charge in [-0.3, -0.25) is 4.79 Å². The summed E-state index contributed by atoms with van der Waals surface area (Å²) in [6.07, 6.45) is 2.95. The Kier molecular flexibility index (Phi) is 5.09. The van der Waals surface area contributed by atoms with E-state index >= 15 is 0 Å². The lowest BCUT2D eigenvalue weighted by molar-refractivity contribution is -0.237. The molecule has 1 unspecified atom stereocenters. The molecular weight excluding hydrogens is 354 g/mol. The van der Waals surface area contributed by atoms with Gasteiger partial charge in [0.05, 0.1) is 18.2 Å². The molecule has 0 aliphatic carbocycles. The van der Waals surface area contributed by atoms with Gasteiger partial charge in [0.2, 0.25) is 5.91 Å². The van der Waals surface area contributed by atoms with Gasteiger partial charge in [-0.15, -0.1) is 0 Å². The molecule has 7 nitrogen and oxygen atoms in total. The van der Waals surface area contributed by atoms with Crippen molar-refractivity contribution in [3.63, 3.8) is 0 Å². The lowest BCUT2D eigenvalue weighted by Crippen LogP contribution is -2.74. The van der Waals surface area contributed by atoms with Crippen LogP contribution >= 0.6 is 0 Å². The molecule has 27 heavy (non-hydrogen) atoms. The zero-order valence-electron chi connectivity index (χ0n) is 15.6. The molecule has 2 aliphatic rings. The number of amides is 1. The highest BCUT2D eigenvalue weighted by atomic mass is 19.3. The van der Waals surface area contributed by atoms with E-state index in [4.69, 9.17) is 5.26 Å². The van der Waals surface area contributed by atoms with Crippen LogP contribution < -0.4 is 5.32 Å². The number of hydrogen-bond donors (Lipinski definition) is 2. The number of alkyl halides is 2. The SMILES string of the molecule is CN(CCCCC1(C)N(C(=O)CC#N)CC1(F)F)C1=NCNc2[nH]ccc21. The van der Waals surface area contributed by atoms with Gasteiger partial charge in [-0.25, -0.2) is 13.8 Å². The Bertz CT molecular complexity index is 783. The average molecular weight is 378 g/mol. The number of halogens is 2. The third-order valence-corrected chi connectivity index (χ3v) is 5.51. The second-order valence-corrected chi connectivity index (χ2v) is 7.25. The molecule has 0 aromatic carbocycles. The highest BCUT2D eigenvalue weighted by Crippen LogP contribution is 2.47. The number of likely N-dealkylation sites (tertiary alicyclic amines) is 1. The summed E-state index contributed by atoms with van der Waals surface area (Å²) in [6, 6.07) is 3.69. The maximum absolute atomic E-state index is 14.1. The van der Waals surface area contributed by atoms with Crippen LogP contribution in [-0.2, 0) is 4.79 Å². The van der Waals surface area contributed by atoms with Gasteiger partial charge < -0.3 is 20.1 Å². The van der Waals surface area contributed by atoms with Crippen molar-refractivity contribution >= 4 is 17.6 Å². The molecule has 2 aliphatic heterocycles. The number of H-pyrrole nitrogens is 1. The van der Waals surface area contributed by atoms with Crippen LogP contribution in [0.3, 0.4) is 0 Å². The van der Waals surface area contributed by atoms with Crippen LogP contribution in [0.1, 0.15) is 38.2 Å². The fraction of sp³-hybridized carbons (Fsp3) is 0.611. The highest BCUT2D eigenvalue weighted by molar-refractivity contribution is 6.03. The summed E-state index contributed by atoms with van der Waals surface area (Å²) in [7, 11) is 1.93. The van der Waals surface area contributed by atoms with Crippen molar-refractivity contribution in [1.29, 1.82) is 5.26 Å². The number of nitrogens with one attached hydrogen (secondary N) is 2. The molecular formula is C18H24F2N6O. The van der Waals surface area contributed by atoms with E-state index in [-0.39, 0.29) is 12.8 Å². The van der Waals surface area contributed by atoms with E-state index in [2.05, 4.69) is 15.3 Å². The van der Waals surface area contributed by atoms with Gasteiger partial charge in [-0.05, 0) is 32.3 Å². The Morgan fingerprint density at radius 1 is 1.48 bits per heavy atom. The van der Waals surface area contributed by atoms with E-state index in [1.807, 2.05) is 24.2 Å². The molecule has 0 saturated carbocycles. The van der Waals surface area contributed by atoms with Crippen LogP contribution in [0.4, 0.5) is 14.6 Å². The second kappa shape index (κ2) is 7.18. The Morgan fingerprint density at radius 2 is 2.26 bits per heavy atom. The summed E-state index contributed by atoms with van der Waals surface area (Å²) < 4.78 is 28.3. The first kappa shape index (κ1) is 19.1. The number of fused-ring (bicyclic) bond motifs is 1. The van der Waals surface area contributed by atoms with E-state index in [1.165, 1.54) is 6.92 Å². The summed E-state index contributed by atoms with van der Waals surface area (Å²) in [6.45, 7) is 1.99. The normalized spacial score (nSPS) is 22.8. The van der Waals surface area contributed by atoms with E-state index in [9.17, 15) is 13.6 Å². The molecule has 1 amide bonds. The molecule has 1 fully saturated rings. The maximum atomic E-state index is 14.1. The molecule has 9 heteroatoms. The first-order valence-electron chi connectivity index (χ1n) is 9.02. The van der Waals surface area contributed by atoms with Crippen LogP contribution in [0.15, 0.2) is 17.3 Å². The molecule has 1 aromatic rings. The van der Waals surface area contributed by atoms with Crippen molar-refractivity contribution < 1.29 is 13.6 Å². The average Bonchev–Trinajstić information content (AvgIpc) is 3.11. The quantitative estimate of drug-likeness (QED) is 0.744. The fourth-order valence-corrected chi connectivity index (χ4v) is 3.72. The first-order chi connectivity index (χ1) is 12.8. The van der Waals surface area contributed by atoms with Crippen molar-refractivity contribution in [2.24, 2.45) is 4.99 Å². The lowest BCUT2D eigenvalue weighted by atomic mass is 9.77. The van der Waals surface area contributed by atoms with E-state index < -0.39 is 23.9 Å². The van der Waals surface area contributed by atoms with E-state index in [0.29, 0.717) is 26.1 Å². The zero-order chi connectivity index (χ0) is 19.7. The smallest absolute Gasteiger partial charge is 0.287 e. The molecule has 0 bridgehead atoms. The minimum atomic E-state index is -2.91. The number of nitrogens with zero attached hydrogens (tertiary/aromatic N) is 4. The van der Waals surface area contributed by atoms with Gasteiger partial charge in [-0.2, -0.15) is 5.26 Å². The van der Waals surface area contributed by atoms with E-state index in [0.717, 1.165) is 22.1 Å². The number of carbonyl (C=O) groups is 1. The lowest BCUT2D eigenvalue weighted by Gasteiger charge is -2.56. The van der Waals surface area contributed by atoms with Crippen LogP contribution in [0.25, 0.3) is 0 Å². The number of nitriles is 1. The molecule has 0 radical (unpaired) electrons. The first-order valence-corrected chi connectivity index (χ1v) is 9.02. The highest BCUT2D eigenvalue weighted by Gasteiger charge is 2.65. The molecule has 1 aromatic heterocycles. The third-order valence-electron chi connectivity index (χ3n) is 5.51. The number of aromatic nitrogens is 1. The summed E-state index contributed by atoms with van der Waals surface area (Å²) >= 11 is 0. The number of aliphatic imine (C=N–C) groups is 1. The molecule has 2 N–H and O–H groups in total. The van der Waals surface area contributed by atoms with Gasteiger partial charge in [0.25, 0.3) is 5.92 Å². The molecule has 1 saturated heterocycles.